The van der Waals surface area contributed by atoms with Crippen molar-refractivity contribution >= 4 is 0 Å². The molecule has 0 N–H and O–H groups in total. The molecule has 0 aromatic heterocycles. The Hall–Kier alpha value is -0.600. The summed E-state index contributed by atoms with van der Waals surface area (Å²) in [7, 11) is 0. The van der Waals surface area contributed by atoms with E-state index in [4.69, 9.17) is 0 Å². The minimum atomic E-state index is 1.13. The number of allylic oxidation sites excluding steroid dienone is 2. The average Bonchev–Trinajstić information content (AvgIpc) is 2.60. The molecule has 0 heterocycles. The molecule has 0 spiro atoms. The third-order valence-electron chi connectivity index (χ3n) is 4.39. The third kappa shape index (κ3) is 15.0. The minimum absolute atomic E-state index is 1.13. The number of hydrogen-bond donors (Lipinski definition) is 0. The van der Waals surface area contributed by atoms with Crippen LogP contribution in [0.15, 0.2) is 24.3 Å². The highest BCUT2D eigenvalue weighted by atomic mass is 15.1. The van der Waals surface area contributed by atoms with Crippen LogP contribution < -0.4 is 0 Å². The highest BCUT2D eigenvalue weighted by molar-refractivity contribution is 4.85. The zero-order chi connectivity index (χ0) is 17.9. The molecule has 24 heavy (non-hydrogen) atoms. The SMILES string of the molecule is CCC=CCN(CCCC)CCCCN(CC=CCC)CCCC. The summed E-state index contributed by atoms with van der Waals surface area (Å²) >= 11 is 0. The van der Waals surface area contributed by atoms with E-state index in [1.54, 1.807) is 0 Å². The quantitative estimate of drug-likeness (QED) is 0.241. The van der Waals surface area contributed by atoms with E-state index in [-0.39, 0.29) is 0 Å². The molecule has 2 heteroatoms. The largest absolute Gasteiger partial charge is 0.300 e. The lowest BCUT2D eigenvalue weighted by Gasteiger charge is -2.23. The van der Waals surface area contributed by atoms with Crippen LogP contribution in [-0.2, 0) is 0 Å². The zero-order valence-electron chi connectivity index (χ0n) is 17.1. The third-order valence-corrected chi connectivity index (χ3v) is 4.39. The molecule has 0 aromatic carbocycles. The van der Waals surface area contributed by atoms with Gasteiger partial charge in [0.15, 0.2) is 0 Å². The van der Waals surface area contributed by atoms with Gasteiger partial charge in [0, 0.05) is 13.1 Å². The lowest BCUT2D eigenvalue weighted by atomic mass is 10.2. The first-order chi connectivity index (χ1) is 11.8. The van der Waals surface area contributed by atoms with Crippen molar-refractivity contribution in [2.75, 3.05) is 39.3 Å². The van der Waals surface area contributed by atoms with E-state index < -0.39 is 0 Å². The molecular formula is C22H44N2. The molecule has 0 saturated heterocycles. The molecule has 0 aliphatic heterocycles. The van der Waals surface area contributed by atoms with Gasteiger partial charge in [-0.2, -0.15) is 0 Å². The van der Waals surface area contributed by atoms with Crippen molar-refractivity contribution in [2.45, 2.75) is 79.1 Å². The Morgan fingerprint density at radius 1 is 0.500 bits per heavy atom. The normalized spacial score (nSPS) is 12.4. The van der Waals surface area contributed by atoms with E-state index >= 15 is 0 Å². The molecule has 0 rings (SSSR count). The summed E-state index contributed by atoms with van der Waals surface area (Å²) in [5.74, 6) is 0. The number of unbranched alkanes of at least 4 members (excludes halogenated alkanes) is 3. The van der Waals surface area contributed by atoms with Crippen LogP contribution >= 0.6 is 0 Å². The molecule has 0 unspecified atom stereocenters. The second kappa shape index (κ2) is 18.7. The van der Waals surface area contributed by atoms with Gasteiger partial charge in [-0.15, -0.1) is 0 Å². The zero-order valence-corrected chi connectivity index (χ0v) is 17.1. The van der Waals surface area contributed by atoms with Crippen molar-refractivity contribution in [1.82, 2.24) is 9.80 Å². The maximum absolute atomic E-state index is 2.63. The van der Waals surface area contributed by atoms with Gasteiger partial charge in [-0.25, -0.2) is 0 Å². The van der Waals surface area contributed by atoms with Crippen LogP contribution in [0.3, 0.4) is 0 Å². The van der Waals surface area contributed by atoms with Gasteiger partial charge >= 0.3 is 0 Å². The summed E-state index contributed by atoms with van der Waals surface area (Å²) in [4.78, 5) is 5.26. The highest BCUT2D eigenvalue weighted by Crippen LogP contribution is 2.03. The summed E-state index contributed by atoms with van der Waals surface area (Å²) in [6.07, 6.45) is 19.5. The van der Waals surface area contributed by atoms with Gasteiger partial charge in [-0.05, 0) is 64.7 Å². The maximum Gasteiger partial charge on any atom is 0.0163 e. The minimum Gasteiger partial charge on any atom is -0.300 e. The molecule has 0 radical (unpaired) electrons. The van der Waals surface area contributed by atoms with Crippen LogP contribution in [0.4, 0.5) is 0 Å². The van der Waals surface area contributed by atoms with Gasteiger partial charge in [0.25, 0.3) is 0 Å². The summed E-state index contributed by atoms with van der Waals surface area (Å²) in [5, 5.41) is 0. The molecule has 0 aliphatic carbocycles. The smallest absolute Gasteiger partial charge is 0.0163 e. The first-order valence-electron chi connectivity index (χ1n) is 10.5. The van der Waals surface area contributed by atoms with Gasteiger partial charge in [0.2, 0.25) is 0 Å². The standard InChI is InChI=1S/C22H44N2/c1-5-9-13-19-23(17-11-7-3)21-15-16-22-24(18-12-8-4)20-14-10-6-2/h9-10,13-14H,5-8,11-12,15-22H2,1-4H3. The van der Waals surface area contributed by atoms with Crippen molar-refractivity contribution in [1.29, 1.82) is 0 Å². The van der Waals surface area contributed by atoms with E-state index in [2.05, 4.69) is 61.8 Å². The molecule has 0 aliphatic rings. The molecule has 0 fully saturated rings. The lowest BCUT2D eigenvalue weighted by molar-refractivity contribution is 0.261. The molecule has 0 aromatic rings. The fourth-order valence-corrected chi connectivity index (χ4v) is 2.80. The van der Waals surface area contributed by atoms with Gasteiger partial charge in [0.05, 0.1) is 0 Å². The van der Waals surface area contributed by atoms with E-state index in [1.165, 1.54) is 64.7 Å². The molecular weight excluding hydrogens is 292 g/mol. The number of hydrogen-bond acceptors (Lipinski definition) is 2. The Balaban J connectivity index is 4.08. The number of rotatable bonds is 17. The molecule has 0 saturated carbocycles. The average molecular weight is 337 g/mol. The molecule has 0 amide bonds. The molecule has 0 bridgehead atoms. The summed E-state index contributed by atoms with van der Waals surface area (Å²) in [5.41, 5.74) is 0. The van der Waals surface area contributed by atoms with Crippen molar-refractivity contribution in [2.24, 2.45) is 0 Å². The molecule has 142 valence electrons. The maximum atomic E-state index is 2.63. The predicted octanol–water partition coefficient (Wildman–Crippen LogP) is 5.90. The fraction of sp³-hybridized carbons (Fsp3) is 0.818. The Morgan fingerprint density at radius 2 is 0.875 bits per heavy atom. The Morgan fingerprint density at radius 3 is 1.21 bits per heavy atom. The van der Waals surface area contributed by atoms with Crippen LogP contribution in [0.5, 0.6) is 0 Å². The van der Waals surface area contributed by atoms with Gasteiger partial charge in [0.1, 0.15) is 0 Å². The Labute approximate surface area is 153 Å². The second-order valence-corrected chi connectivity index (χ2v) is 6.77. The van der Waals surface area contributed by atoms with Crippen molar-refractivity contribution in [3.05, 3.63) is 24.3 Å². The lowest BCUT2D eigenvalue weighted by Crippen LogP contribution is -2.29. The van der Waals surface area contributed by atoms with Crippen LogP contribution in [-0.4, -0.2) is 49.1 Å². The molecule has 0 atom stereocenters. The second-order valence-electron chi connectivity index (χ2n) is 6.77. The van der Waals surface area contributed by atoms with E-state index in [0.29, 0.717) is 0 Å². The van der Waals surface area contributed by atoms with Gasteiger partial charge < -0.3 is 0 Å². The predicted molar refractivity (Wildman–Crippen MR) is 111 cm³/mol. The number of nitrogens with zero attached hydrogens (tertiary/aromatic N) is 2. The van der Waals surface area contributed by atoms with Crippen molar-refractivity contribution in [3.8, 4) is 0 Å². The highest BCUT2D eigenvalue weighted by Gasteiger charge is 2.05. The topological polar surface area (TPSA) is 6.48 Å². The van der Waals surface area contributed by atoms with Crippen molar-refractivity contribution < 1.29 is 0 Å². The van der Waals surface area contributed by atoms with E-state index in [9.17, 15) is 0 Å². The van der Waals surface area contributed by atoms with Crippen LogP contribution in [0.25, 0.3) is 0 Å². The first-order valence-corrected chi connectivity index (χ1v) is 10.5. The van der Waals surface area contributed by atoms with E-state index in [1.807, 2.05) is 0 Å². The van der Waals surface area contributed by atoms with Crippen LogP contribution in [0.2, 0.25) is 0 Å². The van der Waals surface area contributed by atoms with Gasteiger partial charge in [-0.3, -0.25) is 9.80 Å². The monoisotopic (exact) mass is 336 g/mol. The first kappa shape index (κ1) is 23.4. The summed E-state index contributed by atoms with van der Waals surface area (Å²) in [6.45, 7) is 16.3. The fourth-order valence-electron chi connectivity index (χ4n) is 2.80. The van der Waals surface area contributed by atoms with Crippen molar-refractivity contribution in [3.63, 3.8) is 0 Å². The van der Waals surface area contributed by atoms with Crippen LogP contribution in [0, 0.1) is 0 Å². The summed E-state index contributed by atoms with van der Waals surface area (Å²) < 4.78 is 0. The van der Waals surface area contributed by atoms with Crippen LogP contribution in [0.1, 0.15) is 79.1 Å². The van der Waals surface area contributed by atoms with E-state index in [0.717, 1.165) is 25.9 Å². The van der Waals surface area contributed by atoms with Gasteiger partial charge in [-0.1, -0.05) is 64.8 Å². The summed E-state index contributed by atoms with van der Waals surface area (Å²) in [6, 6.07) is 0. The Bertz CT molecular complexity index is 266. The Kier molecular flexibility index (Phi) is 18.3. The molecule has 2 nitrogen and oxygen atoms in total.